The summed E-state index contributed by atoms with van der Waals surface area (Å²) >= 11 is 0. The Morgan fingerprint density at radius 1 is 1.52 bits per heavy atom. The van der Waals surface area contributed by atoms with E-state index in [1.165, 1.54) is 0 Å². The molecular weight excluding hydrogens is 268 g/mol. The Kier molecular flexibility index (Phi) is 5.73. The van der Waals surface area contributed by atoms with E-state index in [1.807, 2.05) is 25.8 Å². The average molecular weight is 294 g/mol. The second-order valence-electron chi connectivity index (χ2n) is 6.21. The standard InChI is InChI=1S/C15H26N4O2/c1-10(2)14(20)21-13-12(7-8-16)19(18-9-17-6)15(13,5)11(3)4/h9-13H,7H2,1-6H3,(H,17,18)/t12?,13-,15-/m0/s1. The molecule has 3 atom stereocenters. The number of hydrogen-bond acceptors (Lipinski definition) is 5. The summed E-state index contributed by atoms with van der Waals surface area (Å²) in [4.78, 5) is 15.9. The molecule has 1 heterocycles. The number of nitrogens with zero attached hydrogens (tertiary/aromatic N) is 3. The first-order valence-electron chi connectivity index (χ1n) is 7.34. The quantitative estimate of drug-likeness (QED) is 0.458. The van der Waals surface area contributed by atoms with Crippen LogP contribution in [0.3, 0.4) is 0 Å². The molecule has 1 fully saturated rings. The van der Waals surface area contributed by atoms with Crippen LogP contribution in [0.2, 0.25) is 0 Å². The van der Waals surface area contributed by atoms with Crippen molar-refractivity contribution in [3.05, 3.63) is 0 Å². The Hall–Kier alpha value is -1.61. The minimum atomic E-state index is -0.368. The van der Waals surface area contributed by atoms with Gasteiger partial charge < -0.3 is 10.2 Å². The van der Waals surface area contributed by atoms with E-state index >= 15 is 0 Å². The van der Waals surface area contributed by atoms with Crippen molar-refractivity contribution in [2.75, 3.05) is 7.05 Å². The Morgan fingerprint density at radius 2 is 2.14 bits per heavy atom. The maximum Gasteiger partial charge on any atom is 0.308 e. The summed E-state index contributed by atoms with van der Waals surface area (Å²) < 4.78 is 5.68. The molecule has 0 spiro atoms. The molecule has 1 unspecified atom stereocenters. The molecule has 6 heteroatoms. The topological polar surface area (TPSA) is 77.7 Å². The molecule has 1 aliphatic rings. The van der Waals surface area contributed by atoms with E-state index in [9.17, 15) is 4.79 Å². The predicted molar refractivity (Wildman–Crippen MR) is 81.4 cm³/mol. The lowest BCUT2D eigenvalue weighted by molar-refractivity contribution is -0.231. The summed E-state index contributed by atoms with van der Waals surface area (Å²) in [6.45, 7) is 9.83. The van der Waals surface area contributed by atoms with E-state index in [-0.39, 0.29) is 35.5 Å². The highest BCUT2D eigenvalue weighted by Crippen LogP contribution is 2.44. The molecule has 1 rings (SSSR count). The molecule has 0 aromatic heterocycles. The van der Waals surface area contributed by atoms with Gasteiger partial charge in [-0.1, -0.05) is 27.7 Å². The summed E-state index contributed by atoms with van der Waals surface area (Å²) in [6, 6.07) is 2.00. The van der Waals surface area contributed by atoms with Crippen LogP contribution in [-0.4, -0.2) is 42.0 Å². The van der Waals surface area contributed by atoms with Crippen LogP contribution in [0.5, 0.6) is 0 Å². The van der Waals surface area contributed by atoms with E-state index in [0.717, 1.165) is 0 Å². The fraction of sp³-hybridized carbons (Fsp3) is 0.800. The van der Waals surface area contributed by atoms with Crippen molar-refractivity contribution in [1.29, 1.82) is 5.26 Å². The first-order valence-corrected chi connectivity index (χ1v) is 7.34. The highest BCUT2D eigenvalue weighted by molar-refractivity contribution is 5.72. The molecule has 1 saturated heterocycles. The van der Waals surface area contributed by atoms with Gasteiger partial charge in [-0.2, -0.15) is 5.26 Å². The number of esters is 1. The molecule has 0 aliphatic carbocycles. The summed E-state index contributed by atoms with van der Waals surface area (Å²) in [7, 11) is 1.68. The lowest BCUT2D eigenvalue weighted by atomic mass is 9.70. The van der Waals surface area contributed by atoms with Crippen molar-refractivity contribution in [3.63, 3.8) is 0 Å². The largest absolute Gasteiger partial charge is 0.458 e. The van der Waals surface area contributed by atoms with E-state index in [4.69, 9.17) is 10.00 Å². The van der Waals surface area contributed by atoms with Crippen LogP contribution in [0, 0.1) is 23.2 Å². The summed E-state index contributed by atoms with van der Waals surface area (Å²) in [5.74, 6) is -0.155. The van der Waals surface area contributed by atoms with Gasteiger partial charge in [0.15, 0.2) is 0 Å². The highest BCUT2D eigenvalue weighted by atomic mass is 16.6. The van der Waals surface area contributed by atoms with Gasteiger partial charge in [0.2, 0.25) is 0 Å². The van der Waals surface area contributed by atoms with Gasteiger partial charge in [-0.25, -0.2) is 5.01 Å². The third-order valence-electron chi connectivity index (χ3n) is 4.29. The molecule has 0 bridgehead atoms. The van der Waals surface area contributed by atoms with Gasteiger partial charge in [-0.3, -0.25) is 9.79 Å². The van der Waals surface area contributed by atoms with Crippen molar-refractivity contribution in [3.8, 4) is 6.07 Å². The third kappa shape index (κ3) is 3.18. The molecule has 0 saturated carbocycles. The number of hydrazine groups is 1. The van der Waals surface area contributed by atoms with Crippen molar-refractivity contribution in [2.45, 2.75) is 58.7 Å². The van der Waals surface area contributed by atoms with Crippen LogP contribution in [0.25, 0.3) is 0 Å². The zero-order chi connectivity index (χ0) is 16.2. The second kappa shape index (κ2) is 6.90. The minimum absolute atomic E-state index is 0.164. The number of rotatable bonds is 6. The molecule has 118 valence electrons. The minimum Gasteiger partial charge on any atom is -0.458 e. The molecular formula is C15H26N4O2. The van der Waals surface area contributed by atoms with Crippen LogP contribution < -0.4 is 5.43 Å². The molecule has 6 nitrogen and oxygen atoms in total. The fourth-order valence-corrected chi connectivity index (χ4v) is 2.65. The Balaban J connectivity index is 3.01. The van der Waals surface area contributed by atoms with Crippen LogP contribution in [0.15, 0.2) is 4.99 Å². The van der Waals surface area contributed by atoms with Crippen molar-refractivity contribution in [1.82, 2.24) is 10.4 Å². The second-order valence-corrected chi connectivity index (χ2v) is 6.21. The SMILES string of the molecule is CN=CNN1C(CC#N)[C@H](OC(=O)C(C)C)[C@]1(C)C(C)C. The van der Waals surface area contributed by atoms with Gasteiger partial charge in [0.05, 0.1) is 36.3 Å². The number of hydrogen-bond donors (Lipinski definition) is 1. The molecule has 21 heavy (non-hydrogen) atoms. The van der Waals surface area contributed by atoms with Crippen LogP contribution in [0.4, 0.5) is 0 Å². The van der Waals surface area contributed by atoms with Crippen molar-refractivity contribution >= 4 is 12.3 Å². The smallest absolute Gasteiger partial charge is 0.308 e. The number of carbonyl (C=O) groups excluding carboxylic acids is 1. The Morgan fingerprint density at radius 3 is 2.57 bits per heavy atom. The van der Waals surface area contributed by atoms with E-state index < -0.39 is 0 Å². The maximum absolute atomic E-state index is 12.0. The molecule has 1 N–H and O–H groups in total. The van der Waals surface area contributed by atoms with Crippen LogP contribution >= 0.6 is 0 Å². The number of carbonyl (C=O) groups is 1. The lowest BCUT2D eigenvalue weighted by Crippen LogP contribution is -2.81. The van der Waals surface area contributed by atoms with Crippen LogP contribution in [0.1, 0.15) is 41.0 Å². The number of nitriles is 1. The average Bonchev–Trinajstić information content (AvgIpc) is 2.43. The molecule has 0 radical (unpaired) electrons. The molecule has 0 aromatic carbocycles. The van der Waals surface area contributed by atoms with Gasteiger partial charge in [0.1, 0.15) is 6.10 Å². The van der Waals surface area contributed by atoms with Gasteiger partial charge in [0, 0.05) is 7.05 Å². The van der Waals surface area contributed by atoms with Crippen LogP contribution in [-0.2, 0) is 9.53 Å². The van der Waals surface area contributed by atoms with Gasteiger partial charge in [0.25, 0.3) is 0 Å². The van der Waals surface area contributed by atoms with Gasteiger partial charge in [-0.15, -0.1) is 0 Å². The number of ether oxygens (including phenoxy) is 1. The lowest BCUT2D eigenvalue weighted by Gasteiger charge is -2.62. The maximum atomic E-state index is 12.0. The third-order valence-corrected chi connectivity index (χ3v) is 4.29. The van der Waals surface area contributed by atoms with E-state index in [0.29, 0.717) is 6.42 Å². The zero-order valence-corrected chi connectivity index (χ0v) is 13.8. The Labute approximate surface area is 127 Å². The molecule has 0 aromatic rings. The van der Waals surface area contributed by atoms with Gasteiger partial charge >= 0.3 is 5.97 Å². The summed E-state index contributed by atoms with van der Waals surface area (Å²) in [5, 5.41) is 11.0. The zero-order valence-electron chi connectivity index (χ0n) is 13.8. The van der Waals surface area contributed by atoms with Crippen molar-refractivity contribution < 1.29 is 9.53 Å². The number of nitrogens with one attached hydrogen (secondary N) is 1. The molecule has 1 aliphatic heterocycles. The normalized spacial score (nSPS) is 29.5. The monoisotopic (exact) mass is 294 g/mol. The Bertz CT molecular complexity index is 441. The van der Waals surface area contributed by atoms with Crippen molar-refractivity contribution in [2.24, 2.45) is 16.8 Å². The first-order chi connectivity index (χ1) is 9.80. The fourth-order valence-electron chi connectivity index (χ4n) is 2.65. The summed E-state index contributed by atoms with van der Waals surface area (Å²) in [5.41, 5.74) is 2.74. The van der Waals surface area contributed by atoms with Gasteiger partial charge in [-0.05, 0) is 12.8 Å². The highest BCUT2D eigenvalue weighted by Gasteiger charge is 2.61. The summed E-state index contributed by atoms with van der Waals surface area (Å²) in [6.07, 6.45) is 1.58. The van der Waals surface area contributed by atoms with E-state index in [2.05, 4.69) is 30.3 Å². The molecule has 0 amide bonds. The number of aliphatic imine (C=N–C) groups is 1. The predicted octanol–water partition coefficient (Wildman–Crippen LogP) is 1.73. The first kappa shape index (κ1) is 17.4. The van der Waals surface area contributed by atoms with E-state index in [1.54, 1.807) is 13.4 Å².